The van der Waals surface area contributed by atoms with Gasteiger partial charge in [0.05, 0.1) is 6.61 Å². The molecule has 8 heteroatoms. The fourth-order valence-electron chi connectivity index (χ4n) is 2.65. The molecule has 1 aromatic rings. The van der Waals surface area contributed by atoms with Crippen LogP contribution in [0.2, 0.25) is 0 Å². The minimum absolute atomic E-state index is 0. The van der Waals surface area contributed by atoms with Gasteiger partial charge in [0.2, 0.25) is 0 Å². The maximum atomic E-state index is 8.52. The third-order valence-corrected chi connectivity index (χ3v) is 4.01. The van der Waals surface area contributed by atoms with E-state index in [2.05, 4.69) is 6.92 Å². The van der Waals surface area contributed by atoms with E-state index in [1.54, 1.807) is 0 Å². The molecule has 0 saturated heterocycles. The number of hydrogen-bond acceptors (Lipinski definition) is 5. The Hall–Kier alpha value is 0.890. The van der Waals surface area contributed by atoms with Crippen molar-refractivity contribution in [3.8, 4) is 5.75 Å². The van der Waals surface area contributed by atoms with E-state index in [0.29, 0.717) is 0 Å². The Morgan fingerprint density at radius 1 is 0.714 bits per heavy atom. The van der Waals surface area contributed by atoms with Gasteiger partial charge in [0, 0.05) is 10.4 Å². The van der Waals surface area contributed by atoms with Crippen LogP contribution in [0, 0.1) is 0 Å². The molecule has 0 spiro atoms. The summed E-state index contributed by atoms with van der Waals surface area (Å²) in [5.74, 6) is 1.00. The molecule has 0 saturated carbocycles. The van der Waals surface area contributed by atoms with E-state index in [4.69, 9.17) is 22.3 Å². The van der Waals surface area contributed by atoms with Gasteiger partial charge in [-0.15, -0.1) is 0 Å². The first kappa shape index (κ1) is 33.5. The topological polar surface area (TPSA) is 89.5 Å². The first-order valence-electron chi connectivity index (χ1n) is 9.78. The molecule has 0 unspecified atom stereocenters. The summed E-state index contributed by atoms with van der Waals surface area (Å²) in [7, 11) is -5.17. The van der Waals surface area contributed by atoms with Gasteiger partial charge in [-0.05, 0) is 18.6 Å². The molecule has 0 bridgehead atoms. The Bertz CT molecular complexity index is 505. The molecule has 5 nitrogen and oxygen atoms in total. The second-order valence-corrected chi connectivity index (χ2v) is 7.28. The van der Waals surface area contributed by atoms with Crippen LogP contribution in [0.1, 0.15) is 84.0 Å². The first-order chi connectivity index (χ1) is 12.4. The first-order valence-corrected chi connectivity index (χ1v) is 11.1. The Labute approximate surface area is 216 Å². The molecule has 28 heavy (non-hydrogen) atoms. The SMILES string of the molecule is CCCCCCCCCCCCCCOc1ccccc1.O=S(=O)([O-])[O-].[Na+].[Na+]. The van der Waals surface area contributed by atoms with Crippen molar-refractivity contribution < 1.29 is 81.4 Å². The van der Waals surface area contributed by atoms with Crippen LogP contribution in [0.4, 0.5) is 0 Å². The zero-order valence-electron chi connectivity index (χ0n) is 18.0. The van der Waals surface area contributed by atoms with E-state index < -0.39 is 10.4 Å². The summed E-state index contributed by atoms with van der Waals surface area (Å²) in [5.41, 5.74) is 0. The van der Waals surface area contributed by atoms with Crippen molar-refractivity contribution in [2.24, 2.45) is 0 Å². The van der Waals surface area contributed by atoms with Crippen LogP contribution >= 0.6 is 0 Å². The Balaban J connectivity index is -0.000000793. The molecule has 0 heterocycles. The minimum atomic E-state index is -5.17. The van der Waals surface area contributed by atoms with Crippen LogP contribution in [-0.4, -0.2) is 24.1 Å². The summed E-state index contributed by atoms with van der Waals surface area (Å²) in [5, 5.41) is 0. The second-order valence-electron chi connectivity index (χ2n) is 6.46. The number of benzene rings is 1. The largest absolute Gasteiger partial charge is 1.00 e. The quantitative estimate of drug-likeness (QED) is 0.170. The van der Waals surface area contributed by atoms with Crippen LogP contribution in [0.5, 0.6) is 5.75 Å². The molecule has 0 aliphatic heterocycles. The zero-order valence-corrected chi connectivity index (χ0v) is 22.8. The van der Waals surface area contributed by atoms with Crippen LogP contribution < -0.4 is 63.9 Å². The van der Waals surface area contributed by atoms with Crippen LogP contribution in [0.3, 0.4) is 0 Å². The molecular weight excluding hydrogens is 398 g/mol. The predicted octanol–water partition coefficient (Wildman–Crippen LogP) is -0.563. The zero-order chi connectivity index (χ0) is 19.5. The maximum absolute atomic E-state index is 8.52. The van der Waals surface area contributed by atoms with Gasteiger partial charge in [0.1, 0.15) is 5.75 Å². The molecule has 0 N–H and O–H groups in total. The van der Waals surface area contributed by atoms with Crippen molar-refractivity contribution in [3.05, 3.63) is 30.3 Å². The van der Waals surface area contributed by atoms with E-state index in [0.717, 1.165) is 12.4 Å². The second kappa shape index (κ2) is 24.2. The normalized spacial score (nSPS) is 10.1. The summed E-state index contributed by atoms with van der Waals surface area (Å²) in [4.78, 5) is 0. The van der Waals surface area contributed by atoms with E-state index in [-0.39, 0.29) is 59.1 Å². The predicted molar refractivity (Wildman–Crippen MR) is 103 cm³/mol. The summed E-state index contributed by atoms with van der Waals surface area (Å²) < 4.78 is 39.8. The van der Waals surface area contributed by atoms with Crippen molar-refractivity contribution in [1.82, 2.24) is 0 Å². The van der Waals surface area contributed by atoms with Crippen molar-refractivity contribution in [2.45, 2.75) is 84.0 Å². The molecule has 0 aliphatic carbocycles. The van der Waals surface area contributed by atoms with Gasteiger partial charge >= 0.3 is 59.1 Å². The monoisotopic (exact) mass is 432 g/mol. The number of para-hydroxylation sites is 1. The van der Waals surface area contributed by atoms with Gasteiger partial charge in [0.15, 0.2) is 0 Å². The van der Waals surface area contributed by atoms with Gasteiger partial charge in [-0.1, -0.05) is 95.8 Å². The molecule has 0 fully saturated rings. The van der Waals surface area contributed by atoms with Crippen molar-refractivity contribution in [1.29, 1.82) is 0 Å². The van der Waals surface area contributed by atoms with Crippen LogP contribution in [0.15, 0.2) is 30.3 Å². The van der Waals surface area contributed by atoms with Crippen molar-refractivity contribution in [2.75, 3.05) is 6.61 Å². The van der Waals surface area contributed by atoms with Gasteiger partial charge in [-0.25, -0.2) is 0 Å². The van der Waals surface area contributed by atoms with Crippen LogP contribution in [-0.2, 0) is 10.4 Å². The van der Waals surface area contributed by atoms with Gasteiger partial charge in [0.25, 0.3) is 0 Å². The van der Waals surface area contributed by atoms with Crippen molar-refractivity contribution >= 4 is 10.4 Å². The van der Waals surface area contributed by atoms with E-state index in [1.807, 2.05) is 30.3 Å². The third kappa shape index (κ3) is 31.6. The van der Waals surface area contributed by atoms with Gasteiger partial charge < -0.3 is 13.8 Å². The standard InChI is InChI=1S/C20H34O.2Na.H2O4S/c1-2-3-4-5-6-7-8-9-10-11-12-16-19-21-20-17-14-13-15-18-20;;;1-5(2,3)4/h13-15,17-18H,2-12,16,19H2,1H3;;;(H2,1,2,3,4)/q;2*+1;/p-2. The molecule has 1 aromatic carbocycles. The molecular formula is C20H34Na2O5S. The fraction of sp³-hybridized carbons (Fsp3) is 0.700. The molecule has 0 aromatic heterocycles. The Kier molecular flexibility index (Phi) is 28.9. The smallest absolute Gasteiger partial charge is 0.759 e. The van der Waals surface area contributed by atoms with E-state index in [9.17, 15) is 0 Å². The third-order valence-electron chi connectivity index (χ3n) is 4.01. The Morgan fingerprint density at radius 2 is 1.07 bits per heavy atom. The summed E-state index contributed by atoms with van der Waals surface area (Å²) in [6.07, 6.45) is 16.7. The maximum Gasteiger partial charge on any atom is 1.00 e. The average molecular weight is 433 g/mol. The van der Waals surface area contributed by atoms with E-state index in [1.165, 1.54) is 77.0 Å². The number of hydrogen-bond donors (Lipinski definition) is 0. The number of rotatable bonds is 14. The summed E-state index contributed by atoms with van der Waals surface area (Å²) in [6, 6.07) is 10.1. The van der Waals surface area contributed by atoms with Crippen LogP contribution in [0.25, 0.3) is 0 Å². The van der Waals surface area contributed by atoms with Gasteiger partial charge in [-0.2, -0.15) is 0 Å². The average Bonchev–Trinajstić information content (AvgIpc) is 2.58. The summed E-state index contributed by atoms with van der Waals surface area (Å²) >= 11 is 0. The fourth-order valence-corrected chi connectivity index (χ4v) is 2.65. The molecule has 0 aliphatic rings. The number of unbranched alkanes of at least 4 members (excludes halogenated alkanes) is 11. The molecule has 0 atom stereocenters. The molecule has 152 valence electrons. The van der Waals surface area contributed by atoms with Gasteiger partial charge in [-0.3, -0.25) is 8.42 Å². The minimum Gasteiger partial charge on any atom is -0.759 e. The molecule has 0 amide bonds. The van der Waals surface area contributed by atoms with E-state index >= 15 is 0 Å². The van der Waals surface area contributed by atoms with Crippen molar-refractivity contribution in [3.63, 3.8) is 0 Å². The summed E-state index contributed by atoms with van der Waals surface area (Å²) in [6.45, 7) is 3.15. The number of ether oxygens (including phenoxy) is 1. The molecule has 1 rings (SSSR count). The Morgan fingerprint density at radius 3 is 1.46 bits per heavy atom. The molecule has 0 radical (unpaired) electrons.